The molecule has 2 N–H and O–H groups in total. The molecule has 0 saturated carbocycles. The van der Waals surface area contributed by atoms with Crippen molar-refractivity contribution in [3.8, 4) is 5.69 Å². The molecule has 218 valence electrons. The van der Waals surface area contributed by atoms with Gasteiger partial charge in [-0.2, -0.15) is 18.3 Å². The summed E-state index contributed by atoms with van der Waals surface area (Å²) in [6.07, 6.45) is 0.738. The largest absolute Gasteiger partial charge is 0.464 e. The van der Waals surface area contributed by atoms with Crippen LogP contribution in [0.3, 0.4) is 0 Å². The van der Waals surface area contributed by atoms with E-state index in [1.165, 1.54) is 18.5 Å². The number of nitrogens with zero attached hydrogens (tertiary/aromatic N) is 5. The van der Waals surface area contributed by atoms with Crippen molar-refractivity contribution in [3.05, 3.63) is 100 Å². The first-order chi connectivity index (χ1) is 20.5. The molecule has 2 amide bonds. The second-order valence-corrected chi connectivity index (χ2v) is 9.52. The lowest BCUT2D eigenvalue weighted by molar-refractivity contribution is -0.143. The molecule has 0 spiro atoms. The second kappa shape index (κ2) is 11.7. The van der Waals surface area contributed by atoms with E-state index in [2.05, 4.69) is 35.4 Å². The Morgan fingerprint density at radius 2 is 1.49 bits per heavy atom. The molecule has 0 unspecified atom stereocenters. The molecule has 0 atom stereocenters. The number of carbonyl (C=O) groups excluding carboxylic acids is 3. The number of halogens is 5. The molecule has 5 aromatic rings. The van der Waals surface area contributed by atoms with Gasteiger partial charge in [0.05, 0.1) is 64.6 Å². The molecule has 5 rings (SSSR count). The number of aromatic nitrogens is 5. The number of anilines is 2. The number of alkyl halides is 3. The van der Waals surface area contributed by atoms with Crippen LogP contribution < -0.4 is 10.6 Å². The van der Waals surface area contributed by atoms with E-state index in [-0.39, 0.29) is 38.5 Å². The zero-order chi connectivity index (χ0) is 30.9. The minimum Gasteiger partial charge on any atom is -0.464 e. The number of hydrogen-bond donors (Lipinski definition) is 2. The van der Waals surface area contributed by atoms with Crippen LogP contribution in [-0.2, 0) is 10.9 Å². The Kier molecular flexibility index (Phi) is 7.98. The molecule has 4 aromatic heterocycles. The number of benzene rings is 1. The number of amides is 2. The summed E-state index contributed by atoms with van der Waals surface area (Å²) in [6.45, 7) is 0. The lowest BCUT2D eigenvalue weighted by Crippen LogP contribution is -2.21. The number of hydrogen-bond acceptors (Lipinski definition) is 8. The van der Waals surface area contributed by atoms with Gasteiger partial charge in [-0.15, -0.1) is 0 Å². The summed E-state index contributed by atoms with van der Waals surface area (Å²) in [7, 11) is 1.15. The molecule has 43 heavy (non-hydrogen) atoms. The van der Waals surface area contributed by atoms with E-state index >= 15 is 0 Å². The van der Waals surface area contributed by atoms with Crippen LogP contribution in [0.25, 0.3) is 16.5 Å². The number of methoxy groups -OCH3 is 1. The predicted octanol–water partition coefficient (Wildman–Crippen LogP) is 5.83. The van der Waals surface area contributed by atoms with E-state index < -0.39 is 35.2 Å². The zero-order valence-corrected chi connectivity index (χ0v) is 23.1. The van der Waals surface area contributed by atoms with Gasteiger partial charge in [-0.05, 0) is 12.1 Å². The number of fused-ring (bicyclic) bond motifs is 1. The second-order valence-electron chi connectivity index (χ2n) is 8.70. The van der Waals surface area contributed by atoms with E-state index in [4.69, 9.17) is 23.2 Å². The van der Waals surface area contributed by atoms with Crippen LogP contribution in [-0.4, -0.2) is 49.6 Å². The number of rotatable bonds is 6. The van der Waals surface area contributed by atoms with Crippen molar-refractivity contribution in [1.29, 1.82) is 0 Å². The van der Waals surface area contributed by atoms with Crippen molar-refractivity contribution >= 4 is 63.1 Å². The van der Waals surface area contributed by atoms with Crippen molar-refractivity contribution in [2.45, 2.75) is 6.18 Å². The van der Waals surface area contributed by atoms with Crippen LogP contribution in [0.15, 0.2) is 67.4 Å². The monoisotopic (exact) mass is 629 g/mol. The molecule has 11 nitrogen and oxygen atoms in total. The van der Waals surface area contributed by atoms with Gasteiger partial charge in [0.2, 0.25) is 0 Å². The number of pyridine rings is 3. The van der Waals surface area contributed by atoms with Gasteiger partial charge in [-0.1, -0.05) is 47.5 Å². The maximum atomic E-state index is 14.2. The third kappa shape index (κ3) is 5.96. The lowest BCUT2D eigenvalue weighted by Gasteiger charge is -2.14. The van der Waals surface area contributed by atoms with Crippen molar-refractivity contribution in [2.24, 2.45) is 0 Å². The number of carbonyl (C=O) groups is 3. The highest BCUT2D eigenvalue weighted by Gasteiger charge is 2.41. The lowest BCUT2D eigenvalue weighted by atomic mass is 10.1. The average molecular weight is 630 g/mol. The van der Waals surface area contributed by atoms with Gasteiger partial charge >= 0.3 is 12.1 Å². The highest BCUT2D eigenvalue weighted by molar-refractivity contribution is 6.35. The van der Waals surface area contributed by atoms with Crippen molar-refractivity contribution in [3.63, 3.8) is 0 Å². The molecule has 1 aromatic carbocycles. The van der Waals surface area contributed by atoms with Crippen LogP contribution in [0.2, 0.25) is 10.0 Å². The summed E-state index contributed by atoms with van der Waals surface area (Å²) in [4.78, 5) is 49.1. The zero-order valence-electron chi connectivity index (χ0n) is 21.6. The number of nitrogens with one attached hydrogen (secondary N) is 2. The average Bonchev–Trinajstić information content (AvgIpc) is 3.43. The maximum absolute atomic E-state index is 14.2. The van der Waals surface area contributed by atoms with E-state index in [0.717, 1.165) is 31.8 Å². The molecular weight excluding hydrogens is 614 g/mol. The van der Waals surface area contributed by atoms with Gasteiger partial charge in [0.15, 0.2) is 11.4 Å². The summed E-state index contributed by atoms with van der Waals surface area (Å²) >= 11 is 12.2. The van der Waals surface area contributed by atoms with Crippen molar-refractivity contribution in [2.75, 3.05) is 17.7 Å². The molecule has 0 bridgehead atoms. The van der Waals surface area contributed by atoms with Gasteiger partial charge in [0.1, 0.15) is 5.69 Å². The summed E-state index contributed by atoms with van der Waals surface area (Å²) in [6, 6.07) is 9.06. The highest BCUT2D eigenvalue weighted by atomic mass is 35.5. The van der Waals surface area contributed by atoms with Crippen molar-refractivity contribution < 1.29 is 32.3 Å². The van der Waals surface area contributed by atoms with Gasteiger partial charge in [-0.25, -0.2) is 19.4 Å². The molecule has 0 aliphatic rings. The number of ether oxygens (including phenoxy) is 1. The smallest absolute Gasteiger partial charge is 0.434 e. The topological polar surface area (TPSA) is 141 Å². The fraction of sp³-hybridized carbons (Fsp3) is 0.0741. The van der Waals surface area contributed by atoms with Crippen molar-refractivity contribution in [1.82, 2.24) is 24.7 Å². The molecule has 0 radical (unpaired) electrons. The quantitative estimate of drug-likeness (QED) is 0.224. The fourth-order valence-corrected chi connectivity index (χ4v) is 4.55. The molecular formula is C27H16Cl2F3N7O4. The van der Waals surface area contributed by atoms with Crippen LogP contribution in [0, 0.1) is 0 Å². The van der Waals surface area contributed by atoms with Gasteiger partial charge in [0, 0.05) is 17.0 Å². The van der Waals surface area contributed by atoms with E-state index in [9.17, 15) is 27.6 Å². The molecule has 0 saturated heterocycles. The van der Waals surface area contributed by atoms with E-state index in [1.807, 2.05) is 0 Å². The molecule has 4 heterocycles. The Morgan fingerprint density at radius 3 is 2.12 bits per heavy atom. The first-order valence-corrected chi connectivity index (χ1v) is 12.7. The molecule has 0 fully saturated rings. The first-order valence-electron chi connectivity index (χ1n) is 12.0. The Hall–Kier alpha value is -5.08. The standard InChI is InChI=1S/C27H16Cl2F3N7O4/c1-43-26(42)22-19(29)7-15(10-35-22)38-25(41)21-18(28)6-14(9-34-21)37-24(40)17-11-36-39(23(17)27(30,31)32)20-12-33-8-13-4-2-3-5-16(13)20/h2-12H,1H3,(H,37,40)(H,38,41). The summed E-state index contributed by atoms with van der Waals surface area (Å²) < 4.78 is 47.9. The Morgan fingerprint density at radius 1 is 0.860 bits per heavy atom. The van der Waals surface area contributed by atoms with E-state index in [0.29, 0.717) is 15.5 Å². The first kappa shape index (κ1) is 29.4. The third-order valence-electron chi connectivity index (χ3n) is 5.95. The summed E-state index contributed by atoms with van der Waals surface area (Å²) in [5.41, 5.74) is -2.48. The Balaban J connectivity index is 1.38. The van der Waals surface area contributed by atoms with Gasteiger partial charge < -0.3 is 15.4 Å². The molecule has 0 aliphatic carbocycles. The maximum Gasteiger partial charge on any atom is 0.434 e. The highest BCUT2D eigenvalue weighted by Crippen LogP contribution is 2.35. The Labute approximate surface area is 249 Å². The number of esters is 1. The minimum atomic E-state index is -4.97. The summed E-state index contributed by atoms with van der Waals surface area (Å²) in [5, 5.41) is 9.31. The van der Waals surface area contributed by atoms with E-state index in [1.54, 1.807) is 24.3 Å². The SMILES string of the molecule is COC(=O)c1ncc(NC(=O)c2ncc(NC(=O)c3cnn(-c4cncc5ccccc45)c3C(F)(F)F)cc2Cl)cc1Cl. The normalized spacial score (nSPS) is 11.3. The van der Waals surface area contributed by atoms with Gasteiger partial charge in [-0.3, -0.25) is 14.6 Å². The van der Waals surface area contributed by atoms with Crippen LogP contribution in [0.1, 0.15) is 37.0 Å². The molecule has 0 aliphatic heterocycles. The fourth-order valence-electron chi connectivity index (χ4n) is 4.05. The Bertz CT molecular complexity index is 1910. The summed E-state index contributed by atoms with van der Waals surface area (Å²) in [5.74, 6) is -2.71. The predicted molar refractivity (Wildman–Crippen MR) is 150 cm³/mol. The minimum absolute atomic E-state index is 0.0287. The van der Waals surface area contributed by atoms with Crippen LogP contribution >= 0.6 is 23.2 Å². The molecule has 16 heteroatoms. The van der Waals surface area contributed by atoms with Crippen LogP contribution in [0.5, 0.6) is 0 Å². The third-order valence-corrected chi connectivity index (χ3v) is 6.53. The van der Waals surface area contributed by atoms with Gasteiger partial charge in [0.25, 0.3) is 11.8 Å². The van der Waals surface area contributed by atoms with Crippen LogP contribution in [0.4, 0.5) is 24.5 Å².